The number of ether oxygens (including phenoxy) is 1. The molecule has 0 saturated carbocycles. The van der Waals surface area contributed by atoms with E-state index < -0.39 is 0 Å². The average molecular weight is 560 g/mol. The molecule has 8 nitrogen and oxygen atoms in total. The molecule has 1 aromatic carbocycles. The van der Waals surface area contributed by atoms with Gasteiger partial charge in [0.2, 0.25) is 0 Å². The molecule has 2 unspecified atom stereocenters. The van der Waals surface area contributed by atoms with Crippen LogP contribution in [0.4, 0.5) is 5.82 Å². The van der Waals surface area contributed by atoms with Crippen molar-refractivity contribution in [3.63, 3.8) is 0 Å². The van der Waals surface area contributed by atoms with Crippen molar-refractivity contribution in [1.82, 2.24) is 24.6 Å². The molecule has 0 N–H and O–H groups in total. The van der Waals surface area contributed by atoms with Crippen molar-refractivity contribution in [3.05, 3.63) is 45.7 Å². The summed E-state index contributed by atoms with van der Waals surface area (Å²) < 4.78 is 6.79. The summed E-state index contributed by atoms with van der Waals surface area (Å²) in [5, 5.41) is 6.00. The number of anilines is 1. The van der Waals surface area contributed by atoms with Crippen molar-refractivity contribution in [3.8, 4) is 0 Å². The van der Waals surface area contributed by atoms with E-state index in [1.54, 1.807) is 6.07 Å². The molecule has 38 heavy (non-hydrogen) atoms. The molecule has 10 heteroatoms. The van der Waals surface area contributed by atoms with Crippen LogP contribution in [0.15, 0.2) is 24.4 Å². The zero-order valence-corrected chi connectivity index (χ0v) is 24.0. The van der Waals surface area contributed by atoms with Crippen LogP contribution in [-0.4, -0.2) is 68.9 Å². The molecular formula is C28H36Cl2N6O2. The summed E-state index contributed by atoms with van der Waals surface area (Å²) in [7, 11) is 1.47. The molecule has 0 spiro atoms. The van der Waals surface area contributed by atoms with Crippen LogP contribution >= 0.6 is 23.2 Å². The Balaban J connectivity index is 1.34. The predicted molar refractivity (Wildman–Crippen MR) is 151 cm³/mol. The Morgan fingerprint density at radius 1 is 1.24 bits per heavy atom. The van der Waals surface area contributed by atoms with E-state index in [1.807, 2.05) is 29.9 Å². The molecular weight excluding hydrogens is 523 g/mol. The molecule has 4 heterocycles. The number of benzene rings is 1. The summed E-state index contributed by atoms with van der Waals surface area (Å²) in [5.41, 5.74) is 3.35. The summed E-state index contributed by atoms with van der Waals surface area (Å²) in [4.78, 5) is 26.6. The van der Waals surface area contributed by atoms with E-state index in [-0.39, 0.29) is 12.0 Å². The van der Waals surface area contributed by atoms with Crippen molar-refractivity contribution in [2.75, 3.05) is 25.1 Å². The first-order valence-electron chi connectivity index (χ1n) is 13.5. The Kier molecular flexibility index (Phi) is 8.12. The second kappa shape index (κ2) is 11.4. The highest BCUT2D eigenvalue weighted by atomic mass is 35.5. The molecule has 4 atom stereocenters. The van der Waals surface area contributed by atoms with Gasteiger partial charge in [-0.3, -0.25) is 9.69 Å². The summed E-state index contributed by atoms with van der Waals surface area (Å²) in [6, 6.07) is 6.73. The third-order valence-corrected chi connectivity index (χ3v) is 8.84. The van der Waals surface area contributed by atoms with E-state index in [1.165, 1.54) is 13.5 Å². The third-order valence-electron chi connectivity index (χ3n) is 8.28. The van der Waals surface area contributed by atoms with Gasteiger partial charge in [0.05, 0.1) is 25.0 Å². The lowest BCUT2D eigenvalue weighted by atomic mass is 9.95. The van der Waals surface area contributed by atoms with Crippen LogP contribution in [0.25, 0.3) is 11.2 Å². The normalized spacial score (nSPS) is 23.2. The molecule has 5 rings (SSSR count). The number of carbonyl (C=O) groups is 1. The number of rotatable bonds is 7. The minimum atomic E-state index is -0.124. The van der Waals surface area contributed by atoms with Crippen molar-refractivity contribution in [1.29, 1.82) is 0 Å². The van der Waals surface area contributed by atoms with Crippen LogP contribution in [0.5, 0.6) is 0 Å². The van der Waals surface area contributed by atoms with Gasteiger partial charge in [-0.1, -0.05) is 29.3 Å². The molecule has 2 aliphatic heterocycles. The van der Waals surface area contributed by atoms with Crippen LogP contribution < -0.4 is 4.90 Å². The number of esters is 1. The van der Waals surface area contributed by atoms with Crippen molar-refractivity contribution >= 4 is 46.2 Å². The van der Waals surface area contributed by atoms with Gasteiger partial charge in [-0.25, -0.2) is 14.6 Å². The lowest BCUT2D eigenvalue weighted by Gasteiger charge is -2.43. The number of aromatic nitrogens is 4. The molecule has 0 bridgehead atoms. The van der Waals surface area contributed by atoms with Gasteiger partial charge in [0.1, 0.15) is 11.3 Å². The van der Waals surface area contributed by atoms with E-state index >= 15 is 0 Å². The summed E-state index contributed by atoms with van der Waals surface area (Å²) in [6.07, 6.45) is 7.73. The van der Waals surface area contributed by atoms with Crippen molar-refractivity contribution in [2.24, 2.45) is 0 Å². The quantitative estimate of drug-likeness (QED) is 0.338. The zero-order valence-electron chi connectivity index (χ0n) is 22.5. The van der Waals surface area contributed by atoms with Gasteiger partial charge in [-0.2, -0.15) is 5.10 Å². The SMILES string of the molecule is COC(=O)CC[C@@H]1CCCN1C1CCN(c2cnc3c(C)nn(C(C)c4ccc(Cl)cc4Cl)c3n2)[C@@H](C)C1. The first-order chi connectivity index (χ1) is 18.3. The lowest BCUT2D eigenvalue weighted by Crippen LogP contribution is -2.50. The first-order valence-corrected chi connectivity index (χ1v) is 14.3. The van der Waals surface area contributed by atoms with Gasteiger partial charge >= 0.3 is 5.97 Å². The number of halogens is 2. The highest BCUT2D eigenvalue weighted by Crippen LogP contribution is 2.34. The molecule has 2 aliphatic rings. The number of likely N-dealkylation sites (tertiary alicyclic amines) is 1. The topological polar surface area (TPSA) is 76.4 Å². The second-order valence-electron chi connectivity index (χ2n) is 10.6. The van der Waals surface area contributed by atoms with Crippen molar-refractivity contribution in [2.45, 2.75) is 83.5 Å². The maximum absolute atomic E-state index is 11.7. The fourth-order valence-electron chi connectivity index (χ4n) is 6.25. The third kappa shape index (κ3) is 5.36. The summed E-state index contributed by atoms with van der Waals surface area (Å²) in [5.74, 6) is 0.763. The van der Waals surface area contributed by atoms with Crippen molar-refractivity contribution < 1.29 is 9.53 Å². The maximum atomic E-state index is 11.7. The molecule has 3 aromatic rings. The Hall–Kier alpha value is -2.42. The highest BCUT2D eigenvalue weighted by molar-refractivity contribution is 6.35. The number of nitrogens with zero attached hydrogens (tertiary/aromatic N) is 6. The predicted octanol–water partition coefficient (Wildman–Crippen LogP) is 5.83. The summed E-state index contributed by atoms with van der Waals surface area (Å²) >= 11 is 12.7. The van der Waals surface area contributed by atoms with Gasteiger partial charge in [0.15, 0.2) is 5.65 Å². The van der Waals surface area contributed by atoms with Gasteiger partial charge in [0, 0.05) is 41.1 Å². The van der Waals surface area contributed by atoms with E-state index in [2.05, 4.69) is 23.6 Å². The molecule has 2 aromatic heterocycles. The second-order valence-corrected chi connectivity index (χ2v) is 11.5. The number of carbonyl (C=O) groups excluding carboxylic acids is 1. The standard InChI is InChI=1S/C28H36Cl2N6O2/c1-17-14-22(35-12-5-6-21(35)8-10-26(37)38-4)11-13-34(17)25-16-31-27-18(2)33-36(28(27)32-25)19(3)23-9-7-20(29)15-24(23)30/h7,9,15-17,19,21-22H,5-6,8,10-14H2,1-4H3/t17-,19?,21-,22?/m0/s1. The molecule has 0 radical (unpaired) electrons. The molecule has 0 amide bonds. The number of methoxy groups -OCH3 is 1. The van der Waals surface area contributed by atoms with Gasteiger partial charge < -0.3 is 9.64 Å². The van der Waals surface area contributed by atoms with Gasteiger partial charge in [-0.05, 0) is 77.1 Å². The minimum Gasteiger partial charge on any atom is -0.469 e. The van der Waals surface area contributed by atoms with Gasteiger partial charge in [-0.15, -0.1) is 0 Å². The highest BCUT2D eigenvalue weighted by Gasteiger charge is 2.36. The van der Waals surface area contributed by atoms with E-state index in [4.69, 9.17) is 43.0 Å². The minimum absolute atomic E-state index is 0.115. The Bertz CT molecular complexity index is 1310. The lowest BCUT2D eigenvalue weighted by molar-refractivity contribution is -0.141. The van der Waals surface area contributed by atoms with Crippen LogP contribution in [0, 0.1) is 6.92 Å². The number of aryl methyl sites for hydroxylation is 1. The van der Waals surface area contributed by atoms with Crippen LogP contribution in [0.2, 0.25) is 10.0 Å². The smallest absolute Gasteiger partial charge is 0.305 e. The number of hydrogen-bond donors (Lipinski definition) is 0. The molecule has 2 fully saturated rings. The summed E-state index contributed by atoms with van der Waals surface area (Å²) in [6.45, 7) is 8.33. The Morgan fingerprint density at radius 3 is 2.79 bits per heavy atom. The monoisotopic (exact) mass is 558 g/mol. The van der Waals surface area contributed by atoms with Gasteiger partial charge in [0.25, 0.3) is 0 Å². The number of hydrogen-bond acceptors (Lipinski definition) is 7. The van der Waals surface area contributed by atoms with Crippen LogP contribution in [0.3, 0.4) is 0 Å². The number of fused-ring (bicyclic) bond motifs is 1. The fraction of sp³-hybridized carbons (Fsp3) is 0.571. The van der Waals surface area contributed by atoms with E-state index in [9.17, 15) is 4.79 Å². The largest absolute Gasteiger partial charge is 0.469 e. The molecule has 204 valence electrons. The zero-order chi connectivity index (χ0) is 27.0. The molecule has 0 aliphatic carbocycles. The van der Waals surface area contributed by atoms with Crippen LogP contribution in [0.1, 0.15) is 69.7 Å². The number of piperidine rings is 1. The molecule has 2 saturated heterocycles. The fourth-order valence-corrected chi connectivity index (χ4v) is 6.81. The average Bonchev–Trinajstić information content (AvgIpc) is 3.51. The Labute approximate surface area is 234 Å². The Morgan fingerprint density at radius 2 is 2.05 bits per heavy atom. The van der Waals surface area contributed by atoms with E-state index in [0.29, 0.717) is 34.6 Å². The van der Waals surface area contributed by atoms with Crippen LogP contribution in [-0.2, 0) is 9.53 Å². The first kappa shape index (κ1) is 27.2. The van der Waals surface area contributed by atoms with E-state index in [0.717, 1.165) is 67.0 Å². The maximum Gasteiger partial charge on any atom is 0.305 e.